The van der Waals surface area contributed by atoms with Crippen LogP contribution in [-0.4, -0.2) is 26.3 Å². The third-order valence-electron chi connectivity index (χ3n) is 4.98. The summed E-state index contributed by atoms with van der Waals surface area (Å²) in [6.07, 6.45) is 1.35. The van der Waals surface area contributed by atoms with Crippen LogP contribution in [-0.2, 0) is 0 Å². The third kappa shape index (κ3) is 3.37. The molecule has 10 heteroatoms. The van der Waals surface area contributed by atoms with E-state index in [-0.39, 0.29) is 35.6 Å². The molecule has 2 aromatic heterocycles. The molecule has 156 valence electrons. The number of aromatic nitrogens is 4. The number of hydrogen-bond donors (Lipinski definition) is 2. The fraction of sp³-hybridized carbons (Fsp3) is 0.143. The lowest BCUT2D eigenvalue weighted by molar-refractivity contribution is 0.174. The molecule has 0 unspecified atom stereocenters. The van der Waals surface area contributed by atoms with E-state index in [4.69, 9.17) is 9.47 Å². The summed E-state index contributed by atoms with van der Waals surface area (Å²) in [5.74, 6) is 0.896. The van der Waals surface area contributed by atoms with E-state index >= 15 is 0 Å². The van der Waals surface area contributed by atoms with Gasteiger partial charge in [0.1, 0.15) is 11.2 Å². The number of hydrogen-bond acceptors (Lipinski definition) is 7. The Labute approximate surface area is 174 Å². The molecular formula is C21H16FN5O4. The van der Waals surface area contributed by atoms with Gasteiger partial charge in [0.2, 0.25) is 12.7 Å². The lowest BCUT2D eigenvalue weighted by Crippen LogP contribution is -2.34. The van der Waals surface area contributed by atoms with Crippen molar-refractivity contribution in [3.63, 3.8) is 0 Å². The minimum absolute atomic E-state index is 0.0850. The van der Waals surface area contributed by atoms with Crippen LogP contribution >= 0.6 is 0 Å². The summed E-state index contributed by atoms with van der Waals surface area (Å²) in [5.41, 5.74) is 0.0699. The van der Waals surface area contributed by atoms with E-state index in [1.54, 1.807) is 30.3 Å². The van der Waals surface area contributed by atoms with Crippen LogP contribution < -0.4 is 26.0 Å². The van der Waals surface area contributed by atoms with E-state index in [9.17, 15) is 14.0 Å². The van der Waals surface area contributed by atoms with Gasteiger partial charge in [0.25, 0.3) is 5.56 Å². The number of anilines is 1. The largest absolute Gasteiger partial charge is 0.454 e. The number of H-pyrrole nitrogens is 1. The molecule has 1 atom stereocenters. The van der Waals surface area contributed by atoms with Crippen molar-refractivity contribution in [3.8, 4) is 17.2 Å². The molecule has 0 bridgehead atoms. The highest BCUT2D eigenvalue weighted by molar-refractivity contribution is 5.73. The van der Waals surface area contributed by atoms with Crippen molar-refractivity contribution in [3.05, 3.63) is 80.9 Å². The highest BCUT2D eigenvalue weighted by Crippen LogP contribution is 2.33. The molecule has 0 radical (unpaired) electrons. The predicted octanol–water partition coefficient (Wildman–Crippen LogP) is 2.51. The van der Waals surface area contributed by atoms with Gasteiger partial charge in [-0.05, 0) is 36.8 Å². The monoisotopic (exact) mass is 421 g/mol. The molecule has 0 saturated carbocycles. The zero-order valence-corrected chi connectivity index (χ0v) is 16.3. The number of fused-ring (bicyclic) bond motifs is 2. The van der Waals surface area contributed by atoms with Gasteiger partial charge in [-0.25, -0.2) is 18.7 Å². The predicted molar refractivity (Wildman–Crippen MR) is 110 cm³/mol. The summed E-state index contributed by atoms with van der Waals surface area (Å²) in [5, 5.41) is 3.23. The second-order valence-corrected chi connectivity index (χ2v) is 6.98. The Bertz CT molecular complexity index is 1410. The lowest BCUT2D eigenvalue weighted by Gasteiger charge is -2.14. The normalized spacial score (nSPS) is 13.4. The van der Waals surface area contributed by atoms with Crippen molar-refractivity contribution in [2.45, 2.75) is 13.0 Å². The molecule has 5 rings (SSSR count). The first-order chi connectivity index (χ1) is 15.0. The molecule has 0 saturated heterocycles. The zero-order chi connectivity index (χ0) is 21.5. The van der Waals surface area contributed by atoms with Gasteiger partial charge in [-0.2, -0.15) is 4.98 Å². The van der Waals surface area contributed by atoms with Crippen molar-refractivity contribution in [2.75, 3.05) is 12.1 Å². The maximum Gasteiger partial charge on any atom is 0.334 e. The fourth-order valence-corrected chi connectivity index (χ4v) is 3.36. The topological polar surface area (TPSA) is 111 Å². The van der Waals surface area contributed by atoms with E-state index in [2.05, 4.69) is 20.3 Å². The number of ether oxygens (including phenoxy) is 2. The number of nitrogens with one attached hydrogen (secondary N) is 2. The van der Waals surface area contributed by atoms with Crippen LogP contribution in [0.2, 0.25) is 0 Å². The van der Waals surface area contributed by atoms with E-state index in [0.717, 1.165) is 10.1 Å². The smallest absolute Gasteiger partial charge is 0.334 e. The van der Waals surface area contributed by atoms with Crippen LogP contribution in [0.15, 0.2) is 58.3 Å². The summed E-state index contributed by atoms with van der Waals surface area (Å²) in [7, 11) is 0. The average Bonchev–Trinajstić information content (AvgIpc) is 3.22. The van der Waals surface area contributed by atoms with Crippen LogP contribution in [0.5, 0.6) is 11.5 Å². The van der Waals surface area contributed by atoms with Gasteiger partial charge in [0.05, 0.1) is 11.7 Å². The number of halogens is 1. The van der Waals surface area contributed by atoms with E-state index in [0.29, 0.717) is 17.2 Å². The van der Waals surface area contributed by atoms with Crippen LogP contribution in [0.3, 0.4) is 0 Å². The molecule has 31 heavy (non-hydrogen) atoms. The minimum Gasteiger partial charge on any atom is -0.454 e. The lowest BCUT2D eigenvalue weighted by atomic mass is 10.1. The first kappa shape index (κ1) is 18.8. The fourth-order valence-electron chi connectivity index (χ4n) is 3.36. The third-order valence-corrected chi connectivity index (χ3v) is 4.98. The van der Waals surface area contributed by atoms with E-state index in [1.165, 1.54) is 18.3 Å². The molecule has 0 spiro atoms. The second kappa shape index (κ2) is 7.24. The molecule has 1 aliphatic rings. The van der Waals surface area contributed by atoms with Crippen LogP contribution in [0.4, 0.5) is 10.3 Å². The number of benzene rings is 2. The van der Waals surface area contributed by atoms with Crippen molar-refractivity contribution in [1.82, 2.24) is 19.5 Å². The highest BCUT2D eigenvalue weighted by Gasteiger charge is 2.17. The van der Waals surface area contributed by atoms with E-state index < -0.39 is 11.2 Å². The zero-order valence-electron chi connectivity index (χ0n) is 16.3. The highest BCUT2D eigenvalue weighted by atomic mass is 19.1. The maximum absolute atomic E-state index is 13.1. The molecule has 4 aromatic rings. The molecular weight excluding hydrogens is 405 g/mol. The first-order valence-corrected chi connectivity index (χ1v) is 9.44. The molecule has 0 aliphatic carbocycles. The molecule has 9 nitrogen and oxygen atoms in total. The SMILES string of the molecule is C[C@@H](Nc1ncc2c(=O)n(-c3ccc4c(c3)OCO4)c(=O)[nH]c2n1)c1ccc(F)cc1. The Hall–Kier alpha value is -4.21. The van der Waals surface area contributed by atoms with Gasteiger partial charge in [-0.15, -0.1) is 0 Å². The second-order valence-electron chi connectivity index (χ2n) is 6.98. The van der Waals surface area contributed by atoms with Crippen LogP contribution in [0.1, 0.15) is 18.5 Å². The van der Waals surface area contributed by atoms with E-state index in [1.807, 2.05) is 6.92 Å². The minimum atomic E-state index is -0.646. The van der Waals surface area contributed by atoms with Gasteiger partial charge < -0.3 is 14.8 Å². The number of aromatic amines is 1. The van der Waals surface area contributed by atoms with Crippen LogP contribution in [0.25, 0.3) is 16.7 Å². The van der Waals surface area contributed by atoms with Crippen molar-refractivity contribution < 1.29 is 13.9 Å². The molecule has 2 N–H and O–H groups in total. The summed E-state index contributed by atoms with van der Waals surface area (Å²) in [6, 6.07) is 10.6. The van der Waals surface area contributed by atoms with Gasteiger partial charge in [0.15, 0.2) is 17.1 Å². The summed E-state index contributed by atoms with van der Waals surface area (Å²) >= 11 is 0. The summed E-state index contributed by atoms with van der Waals surface area (Å²) in [6.45, 7) is 1.95. The van der Waals surface area contributed by atoms with Crippen molar-refractivity contribution in [1.29, 1.82) is 0 Å². The standard InChI is InChI=1S/C21H16FN5O4/c1-11(12-2-4-13(22)5-3-12)24-20-23-9-15-18(25-20)26-21(29)27(19(15)28)14-6-7-16-17(8-14)31-10-30-16/h2-9,11H,10H2,1H3,(H2,23,24,25,26,29)/t11-/m1/s1. The molecule has 1 aliphatic heterocycles. The maximum atomic E-state index is 13.1. The molecule has 3 heterocycles. The van der Waals surface area contributed by atoms with Crippen molar-refractivity contribution in [2.24, 2.45) is 0 Å². The van der Waals surface area contributed by atoms with Gasteiger partial charge in [0, 0.05) is 12.3 Å². The first-order valence-electron chi connectivity index (χ1n) is 9.44. The average molecular weight is 421 g/mol. The Morgan fingerprint density at radius 2 is 1.90 bits per heavy atom. The quantitative estimate of drug-likeness (QED) is 0.521. The van der Waals surface area contributed by atoms with Crippen LogP contribution in [0, 0.1) is 5.82 Å². The van der Waals surface area contributed by atoms with Crippen molar-refractivity contribution >= 4 is 17.0 Å². The summed E-state index contributed by atoms with van der Waals surface area (Å²) < 4.78 is 24.7. The molecule has 0 amide bonds. The number of nitrogens with zero attached hydrogens (tertiary/aromatic N) is 3. The Kier molecular flexibility index (Phi) is 4.39. The Balaban J connectivity index is 1.51. The Morgan fingerprint density at radius 1 is 1.13 bits per heavy atom. The van der Waals surface area contributed by atoms with Gasteiger partial charge >= 0.3 is 5.69 Å². The Morgan fingerprint density at radius 3 is 2.71 bits per heavy atom. The van der Waals surface area contributed by atoms with Gasteiger partial charge in [-0.3, -0.25) is 9.78 Å². The summed E-state index contributed by atoms with van der Waals surface area (Å²) in [4.78, 5) is 36.7. The molecule has 2 aromatic carbocycles. The van der Waals surface area contributed by atoms with Gasteiger partial charge in [-0.1, -0.05) is 12.1 Å². The molecule has 0 fully saturated rings. The number of rotatable bonds is 4.